The Morgan fingerprint density at radius 3 is 1.47 bits per heavy atom. The Balaban J connectivity index is 0.000000354. The Bertz CT molecular complexity index is 415. The number of hydrogen-bond acceptors (Lipinski definition) is 3. The molecule has 0 aromatic carbocycles. The molecule has 1 heterocycles. The maximum absolute atomic E-state index is 11.1. The van der Waals surface area contributed by atoms with E-state index in [1.807, 2.05) is 18.2 Å². The first kappa shape index (κ1) is 15.6. The van der Waals surface area contributed by atoms with E-state index >= 15 is 0 Å². The molecule has 1 aromatic rings. The fraction of sp³-hybridized carbons (Fsp3) is 0.308. The van der Waals surface area contributed by atoms with Crippen LogP contribution < -0.4 is 0 Å². The molecule has 1 rings (SSSR count). The molecule has 0 aliphatic rings. The summed E-state index contributed by atoms with van der Waals surface area (Å²) < 4.78 is 22.2. The van der Waals surface area contributed by atoms with Gasteiger partial charge in [-0.1, -0.05) is 17.2 Å². The highest BCUT2D eigenvalue weighted by molar-refractivity contribution is 7.97. The molecule has 0 aliphatic heterocycles. The molecule has 3 nitrogen and oxygen atoms in total. The van der Waals surface area contributed by atoms with Crippen LogP contribution in [0, 0.1) is 0 Å². The van der Waals surface area contributed by atoms with Crippen molar-refractivity contribution in [3.63, 3.8) is 0 Å². The van der Waals surface area contributed by atoms with Crippen molar-refractivity contribution in [3.05, 3.63) is 52.6 Å². The number of pyridine rings is 1. The van der Waals surface area contributed by atoms with Crippen molar-refractivity contribution >= 4 is 9.84 Å². The van der Waals surface area contributed by atoms with E-state index in [1.165, 1.54) is 10.8 Å². The lowest BCUT2D eigenvalue weighted by molar-refractivity contribution is 0.612. The van der Waals surface area contributed by atoms with Crippen LogP contribution in [0.2, 0.25) is 0 Å². The highest BCUT2D eigenvalue weighted by Gasteiger charge is 1.99. The molecule has 0 amide bonds. The molecule has 0 bridgehead atoms. The van der Waals surface area contributed by atoms with Gasteiger partial charge in [-0.3, -0.25) is 4.98 Å². The monoisotopic (exact) mass is 253 g/mol. The average Bonchev–Trinajstić information content (AvgIpc) is 2.16. The van der Waals surface area contributed by atoms with Gasteiger partial charge in [-0.15, -0.1) is 0 Å². The first-order valence-electron chi connectivity index (χ1n) is 5.23. The third-order valence-electron chi connectivity index (χ3n) is 1.37. The van der Waals surface area contributed by atoms with Gasteiger partial charge < -0.3 is 0 Å². The van der Waals surface area contributed by atoms with Gasteiger partial charge in [0.05, 0.1) is 0 Å². The predicted octanol–water partition coefficient (Wildman–Crippen LogP) is 3.33. The number of nitrogens with zero attached hydrogens (tertiary/aromatic N) is 1. The fourth-order valence-corrected chi connectivity index (χ4v) is 2.39. The molecule has 17 heavy (non-hydrogen) atoms. The van der Waals surface area contributed by atoms with Gasteiger partial charge in [-0.05, 0) is 39.8 Å². The Hall–Kier alpha value is -1.42. The molecule has 0 unspecified atom stereocenters. The lowest BCUT2D eigenvalue weighted by Gasteiger charge is -1.92. The quantitative estimate of drug-likeness (QED) is 0.812. The molecule has 0 saturated carbocycles. The molecule has 0 spiro atoms. The third-order valence-corrected chi connectivity index (χ3v) is 2.97. The minimum Gasteiger partial charge on any atom is -0.265 e. The summed E-state index contributed by atoms with van der Waals surface area (Å²) in [5, 5.41) is 2.53. The lowest BCUT2D eigenvalue weighted by atomic mass is 10.4. The van der Waals surface area contributed by atoms with Gasteiger partial charge in [-0.2, -0.15) is 0 Å². The summed E-state index contributed by atoms with van der Waals surface area (Å²) in [6.07, 6.45) is 3.50. The van der Waals surface area contributed by atoms with Crippen LogP contribution in [-0.2, 0) is 9.84 Å². The summed E-state index contributed by atoms with van der Waals surface area (Å²) in [4.78, 5) is 3.78. The predicted molar refractivity (Wildman–Crippen MR) is 72.0 cm³/mol. The number of rotatable bonds is 2. The summed E-state index contributed by atoms with van der Waals surface area (Å²) in [6.45, 7) is 7.04. The smallest absolute Gasteiger partial charge is 0.192 e. The van der Waals surface area contributed by atoms with Crippen LogP contribution in [-0.4, -0.2) is 13.4 Å². The Morgan fingerprint density at radius 1 is 0.882 bits per heavy atom. The maximum Gasteiger partial charge on any atom is 0.192 e. The minimum absolute atomic E-state index is 0.794. The number of sulfone groups is 1. The summed E-state index contributed by atoms with van der Waals surface area (Å²) in [6, 6.07) is 5.72. The van der Waals surface area contributed by atoms with Gasteiger partial charge in [0, 0.05) is 23.2 Å². The minimum atomic E-state index is -3.10. The second kappa shape index (κ2) is 7.79. The van der Waals surface area contributed by atoms with Gasteiger partial charge in [0.2, 0.25) is 0 Å². The zero-order valence-electron chi connectivity index (χ0n) is 10.7. The largest absolute Gasteiger partial charge is 0.265 e. The van der Waals surface area contributed by atoms with Gasteiger partial charge >= 0.3 is 0 Å². The standard InChI is InChI=1S/C8H14O2S.C5H5N/c1-7(2)5-11(9,10)6-8(3)4;1-2-4-6-5-3-1/h5-6H,1-4H3;1-5H. The van der Waals surface area contributed by atoms with Gasteiger partial charge in [0.1, 0.15) is 0 Å². The van der Waals surface area contributed by atoms with E-state index in [-0.39, 0.29) is 0 Å². The maximum atomic E-state index is 11.1. The number of allylic oxidation sites excluding steroid dienone is 2. The van der Waals surface area contributed by atoms with Crippen LogP contribution in [0.1, 0.15) is 27.7 Å². The van der Waals surface area contributed by atoms with Crippen LogP contribution in [0.4, 0.5) is 0 Å². The lowest BCUT2D eigenvalue weighted by Crippen LogP contribution is -1.90. The number of aromatic nitrogens is 1. The molecule has 0 N–H and O–H groups in total. The normalized spacial score (nSPS) is 9.65. The summed E-state index contributed by atoms with van der Waals surface area (Å²) >= 11 is 0. The van der Waals surface area contributed by atoms with Crippen molar-refractivity contribution < 1.29 is 8.42 Å². The molecule has 1 aromatic heterocycles. The zero-order valence-corrected chi connectivity index (χ0v) is 11.5. The topological polar surface area (TPSA) is 47.0 Å². The van der Waals surface area contributed by atoms with Crippen LogP contribution in [0.3, 0.4) is 0 Å². The second-order valence-corrected chi connectivity index (χ2v) is 5.65. The van der Waals surface area contributed by atoms with Crippen molar-refractivity contribution in [2.24, 2.45) is 0 Å². The van der Waals surface area contributed by atoms with Crippen LogP contribution in [0.15, 0.2) is 52.6 Å². The highest BCUT2D eigenvalue weighted by Crippen LogP contribution is 2.03. The molecule has 94 valence electrons. The molecule has 0 aliphatic carbocycles. The molecule has 0 saturated heterocycles. The van der Waals surface area contributed by atoms with E-state index in [0.29, 0.717) is 0 Å². The van der Waals surface area contributed by atoms with Crippen molar-refractivity contribution in [2.75, 3.05) is 0 Å². The van der Waals surface area contributed by atoms with E-state index in [1.54, 1.807) is 40.1 Å². The Kier molecular flexibility index (Phi) is 7.14. The highest BCUT2D eigenvalue weighted by atomic mass is 32.2. The van der Waals surface area contributed by atoms with Crippen LogP contribution in [0.25, 0.3) is 0 Å². The van der Waals surface area contributed by atoms with Crippen molar-refractivity contribution in [1.82, 2.24) is 4.98 Å². The second-order valence-electron chi connectivity index (χ2n) is 4.00. The Morgan fingerprint density at radius 2 is 1.29 bits per heavy atom. The molecule has 0 fully saturated rings. The van der Waals surface area contributed by atoms with Crippen molar-refractivity contribution in [1.29, 1.82) is 0 Å². The molecule has 4 heteroatoms. The SMILES string of the molecule is CC(C)=CS(=O)(=O)C=C(C)C.c1ccncc1. The van der Waals surface area contributed by atoms with Gasteiger partial charge in [0.15, 0.2) is 9.84 Å². The third kappa shape index (κ3) is 10.9. The summed E-state index contributed by atoms with van der Waals surface area (Å²) in [7, 11) is -3.10. The van der Waals surface area contributed by atoms with Gasteiger partial charge in [-0.25, -0.2) is 8.42 Å². The van der Waals surface area contributed by atoms with Crippen molar-refractivity contribution in [2.45, 2.75) is 27.7 Å². The molecular formula is C13H19NO2S. The Labute approximate surface area is 104 Å². The summed E-state index contributed by atoms with van der Waals surface area (Å²) in [5.74, 6) is 0. The van der Waals surface area contributed by atoms with E-state index in [9.17, 15) is 8.42 Å². The zero-order chi connectivity index (χ0) is 13.3. The first-order chi connectivity index (χ1) is 7.83. The first-order valence-corrected chi connectivity index (χ1v) is 6.84. The van der Waals surface area contributed by atoms with Crippen LogP contribution >= 0.6 is 0 Å². The van der Waals surface area contributed by atoms with E-state index in [0.717, 1.165) is 11.1 Å². The average molecular weight is 253 g/mol. The molecule has 0 radical (unpaired) electrons. The molecule has 0 atom stereocenters. The number of hydrogen-bond donors (Lipinski definition) is 0. The summed E-state index contributed by atoms with van der Waals surface area (Å²) in [5.41, 5.74) is 1.59. The fourth-order valence-electron chi connectivity index (χ4n) is 1.00. The van der Waals surface area contributed by atoms with Gasteiger partial charge in [0.25, 0.3) is 0 Å². The van der Waals surface area contributed by atoms with Crippen LogP contribution in [0.5, 0.6) is 0 Å². The van der Waals surface area contributed by atoms with E-state index < -0.39 is 9.84 Å². The van der Waals surface area contributed by atoms with Crippen molar-refractivity contribution in [3.8, 4) is 0 Å². The molecular weight excluding hydrogens is 234 g/mol. The van der Waals surface area contributed by atoms with E-state index in [2.05, 4.69) is 4.98 Å². The van der Waals surface area contributed by atoms with E-state index in [4.69, 9.17) is 0 Å².